The molecule has 7 nitrogen and oxygen atoms in total. The highest BCUT2D eigenvalue weighted by Gasteiger charge is 2.26. The summed E-state index contributed by atoms with van der Waals surface area (Å²) in [5.74, 6) is -1.48. The van der Waals surface area contributed by atoms with Gasteiger partial charge in [-0.1, -0.05) is 0 Å². The van der Waals surface area contributed by atoms with Gasteiger partial charge in [0.1, 0.15) is 0 Å². The molecular formula is C24H28N2O5. The second kappa shape index (κ2) is 9.64. The van der Waals surface area contributed by atoms with Gasteiger partial charge < -0.3 is 19.4 Å². The first-order valence-corrected chi connectivity index (χ1v) is 10.4. The number of benzene rings is 1. The molecule has 0 bridgehead atoms. The van der Waals surface area contributed by atoms with E-state index in [9.17, 15) is 14.4 Å². The van der Waals surface area contributed by atoms with E-state index < -0.39 is 24.5 Å². The molecule has 2 aromatic rings. The summed E-state index contributed by atoms with van der Waals surface area (Å²) in [5.41, 5.74) is 4.16. The van der Waals surface area contributed by atoms with Crippen molar-refractivity contribution in [2.24, 2.45) is 0 Å². The number of aryl methyl sites for hydroxylation is 1. The third-order valence-corrected chi connectivity index (χ3v) is 4.93. The van der Waals surface area contributed by atoms with Crippen LogP contribution in [0.2, 0.25) is 0 Å². The van der Waals surface area contributed by atoms with Crippen LogP contribution in [0.1, 0.15) is 60.0 Å². The van der Waals surface area contributed by atoms with Crippen molar-refractivity contribution < 1.29 is 23.9 Å². The molecule has 7 heteroatoms. The highest BCUT2D eigenvalue weighted by Crippen LogP contribution is 2.38. The van der Waals surface area contributed by atoms with Crippen molar-refractivity contribution >= 4 is 29.6 Å². The first-order chi connectivity index (χ1) is 14.7. The number of aromatic nitrogens is 1. The lowest BCUT2D eigenvalue weighted by molar-refractivity contribution is -0.142. The number of hydrogen-bond donors (Lipinski definition) is 1. The molecule has 164 valence electrons. The van der Waals surface area contributed by atoms with Gasteiger partial charge in [0.15, 0.2) is 6.61 Å². The Morgan fingerprint density at radius 3 is 2.45 bits per heavy atom. The van der Waals surface area contributed by atoms with E-state index in [1.54, 1.807) is 44.2 Å². The van der Waals surface area contributed by atoms with Crippen LogP contribution < -0.4 is 5.32 Å². The molecule has 1 aliphatic carbocycles. The third-order valence-electron chi connectivity index (χ3n) is 4.93. The number of carbonyl (C=O) groups excluding carboxylic acids is 3. The number of nitrogens with zero attached hydrogens (tertiary/aromatic N) is 1. The molecule has 1 fully saturated rings. The normalized spacial score (nSPS) is 13.5. The van der Waals surface area contributed by atoms with Crippen molar-refractivity contribution in [3.05, 3.63) is 58.9 Å². The van der Waals surface area contributed by atoms with Gasteiger partial charge in [0.2, 0.25) is 0 Å². The average Bonchev–Trinajstić information content (AvgIpc) is 3.50. The highest BCUT2D eigenvalue weighted by molar-refractivity contribution is 5.95. The zero-order valence-corrected chi connectivity index (χ0v) is 18.3. The topological polar surface area (TPSA) is 86.6 Å². The van der Waals surface area contributed by atoms with Crippen LogP contribution in [0.5, 0.6) is 0 Å². The number of esters is 2. The molecule has 1 aliphatic rings. The predicted octanol–water partition coefficient (Wildman–Crippen LogP) is 4.20. The van der Waals surface area contributed by atoms with Crippen LogP contribution in [0.25, 0.3) is 6.08 Å². The fourth-order valence-corrected chi connectivity index (χ4v) is 3.38. The summed E-state index contributed by atoms with van der Waals surface area (Å²) in [7, 11) is 0. The van der Waals surface area contributed by atoms with Gasteiger partial charge in [0, 0.05) is 29.2 Å². The highest BCUT2D eigenvalue weighted by atomic mass is 16.5. The summed E-state index contributed by atoms with van der Waals surface area (Å²) < 4.78 is 12.4. The van der Waals surface area contributed by atoms with Crippen molar-refractivity contribution in [2.45, 2.75) is 52.7 Å². The molecule has 1 heterocycles. The average molecular weight is 424 g/mol. The maximum absolute atomic E-state index is 12.0. The third kappa shape index (κ3) is 6.07. The van der Waals surface area contributed by atoms with Crippen molar-refractivity contribution in [1.29, 1.82) is 0 Å². The number of hydrogen-bond acceptors (Lipinski definition) is 5. The molecule has 3 rings (SSSR count). The van der Waals surface area contributed by atoms with Gasteiger partial charge in [-0.3, -0.25) is 4.79 Å². The van der Waals surface area contributed by atoms with Crippen LogP contribution >= 0.6 is 0 Å². The van der Waals surface area contributed by atoms with Gasteiger partial charge in [0.05, 0.1) is 11.7 Å². The molecule has 0 spiro atoms. The lowest BCUT2D eigenvalue weighted by atomic mass is 10.2. The van der Waals surface area contributed by atoms with E-state index >= 15 is 0 Å². The summed E-state index contributed by atoms with van der Waals surface area (Å²) >= 11 is 0. The largest absolute Gasteiger partial charge is 0.459 e. The Bertz CT molecular complexity index is 998. The van der Waals surface area contributed by atoms with E-state index in [1.807, 2.05) is 13.0 Å². The molecule has 1 saturated carbocycles. The lowest BCUT2D eigenvalue weighted by Gasteiger charge is -2.09. The van der Waals surface area contributed by atoms with Crippen LogP contribution in [-0.4, -0.2) is 35.1 Å². The Morgan fingerprint density at radius 2 is 1.84 bits per heavy atom. The predicted molar refractivity (Wildman–Crippen MR) is 118 cm³/mol. The van der Waals surface area contributed by atoms with Gasteiger partial charge in [-0.25, -0.2) is 9.59 Å². The number of anilines is 1. The van der Waals surface area contributed by atoms with E-state index in [0.717, 1.165) is 11.3 Å². The van der Waals surface area contributed by atoms with E-state index in [1.165, 1.54) is 24.6 Å². The molecule has 0 aliphatic heterocycles. The minimum atomic E-state index is -0.585. The van der Waals surface area contributed by atoms with Crippen molar-refractivity contribution in [3.8, 4) is 0 Å². The first-order valence-electron chi connectivity index (χ1n) is 10.4. The summed E-state index contributed by atoms with van der Waals surface area (Å²) in [6, 6.07) is 8.93. The Labute approximate surface area is 182 Å². The standard InChI is InChI=1S/C24H28N2O5/c1-15(2)31-24(29)18-5-8-20(9-6-18)25-22(27)14-30-23(28)12-7-19-13-16(3)26(17(19)4)21-10-11-21/h5-9,12-13,15,21H,10-11,14H2,1-4H3,(H,25,27)/b12-7+. The molecule has 1 N–H and O–H groups in total. The van der Waals surface area contributed by atoms with Crippen molar-refractivity contribution in [1.82, 2.24) is 4.57 Å². The molecule has 1 aromatic carbocycles. The number of ether oxygens (including phenoxy) is 2. The quantitative estimate of drug-likeness (QED) is 0.507. The van der Waals surface area contributed by atoms with Gasteiger partial charge >= 0.3 is 11.9 Å². The Kier molecular flexibility index (Phi) is 6.95. The van der Waals surface area contributed by atoms with Gasteiger partial charge in [-0.05, 0) is 82.5 Å². The Hall–Kier alpha value is -3.35. The maximum atomic E-state index is 12.0. The van der Waals surface area contributed by atoms with Crippen LogP contribution in [0.15, 0.2) is 36.4 Å². The molecule has 1 aromatic heterocycles. The van der Waals surface area contributed by atoms with Crippen molar-refractivity contribution in [2.75, 3.05) is 11.9 Å². The van der Waals surface area contributed by atoms with Crippen LogP contribution in [0, 0.1) is 13.8 Å². The maximum Gasteiger partial charge on any atom is 0.338 e. The molecule has 0 atom stereocenters. The zero-order valence-electron chi connectivity index (χ0n) is 18.3. The molecular weight excluding hydrogens is 396 g/mol. The minimum Gasteiger partial charge on any atom is -0.459 e. The molecule has 0 saturated heterocycles. The van der Waals surface area contributed by atoms with Crippen molar-refractivity contribution in [3.63, 3.8) is 0 Å². The molecule has 0 unspecified atom stereocenters. The second-order valence-corrected chi connectivity index (χ2v) is 7.95. The zero-order chi connectivity index (χ0) is 22.5. The van der Waals surface area contributed by atoms with Gasteiger partial charge in [-0.2, -0.15) is 0 Å². The summed E-state index contributed by atoms with van der Waals surface area (Å²) in [5, 5.41) is 2.62. The second-order valence-electron chi connectivity index (χ2n) is 7.95. The van der Waals surface area contributed by atoms with Crippen LogP contribution in [0.3, 0.4) is 0 Å². The SMILES string of the molecule is Cc1cc(/C=C/C(=O)OCC(=O)Nc2ccc(C(=O)OC(C)C)cc2)c(C)n1C1CC1. The smallest absolute Gasteiger partial charge is 0.338 e. The van der Waals surface area contributed by atoms with Gasteiger partial charge in [-0.15, -0.1) is 0 Å². The fraction of sp³-hybridized carbons (Fsp3) is 0.375. The van der Waals surface area contributed by atoms with Gasteiger partial charge in [0.25, 0.3) is 5.91 Å². The number of nitrogens with one attached hydrogen (secondary N) is 1. The minimum absolute atomic E-state index is 0.207. The molecule has 31 heavy (non-hydrogen) atoms. The number of carbonyl (C=O) groups is 3. The van der Waals surface area contributed by atoms with Crippen LogP contribution in [-0.2, 0) is 19.1 Å². The first kappa shape index (κ1) is 22.3. The Morgan fingerprint density at radius 1 is 1.16 bits per heavy atom. The number of amides is 1. The monoisotopic (exact) mass is 424 g/mol. The van der Waals surface area contributed by atoms with E-state index in [0.29, 0.717) is 17.3 Å². The molecule has 0 radical (unpaired) electrons. The number of rotatable bonds is 8. The summed E-state index contributed by atoms with van der Waals surface area (Å²) in [6.07, 6.45) is 5.24. The van der Waals surface area contributed by atoms with E-state index in [4.69, 9.17) is 9.47 Å². The van der Waals surface area contributed by atoms with E-state index in [2.05, 4.69) is 16.8 Å². The fourth-order valence-electron chi connectivity index (χ4n) is 3.38. The lowest BCUT2D eigenvalue weighted by Crippen LogP contribution is -2.20. The molecule has 1 amide bonds. The van der Waals surface area contributed by atoms with E-state index in [-0.39, 0.29) is 6.10 Å². The Balaban J connectivity index is 1.47. The van der Waals surface area contributed by atoms with Crippen LogP contribution in [0.4, 0.5) is 5.69 Å². The summed E-state index contributed by atoms with van der Waals surface area (Å²) in [4.78, 5) is 35.8. The summed E-state index contributed by atoms with van der Waals surface area (Å²) in [6.45, 7) is 7.24.